The molecule has 0 aromatic heterocycles. The van der Waals surface area contributed by atoms with Crippen molar-refractivity contribution in [1.82, 2.24) is 0 Å². The zero-order valence-corrected chi connectivity index (χ0v) is 8.33. The molecule has 1 nitrogen and oxygen atoms in total. The molecule has 2 saturated carbocycles. The van der Waals surface area contributed by atoms with Crippen molar-refractivity contribution in [2.45, 2.75) is 37.6 Å². The lowest BCUT2D eigenvalue weighted by atomic mass is 9.80. The molecule has 3 rings (SSSR count). The Morgan fingerprint density at radius 3 is 2.33 bits per heavy atom. The van der Waals surface area contributed by atoms with Gasteiger partial charge in [-0.25, -0.2) is 0 Å². The lowest BCUT2D eigenvalue weighted by Gasteiger charge is -2.28. The van der Waals surface area contributed by atoms with Gasteiger partial charge in [0.2, 0.25) is 0 Å². The van der Waals surface area contributed by atoms with Crippen molar-refractivity contribution in [3.8, 4) is 0 Å². The maximum Gasteiger partial charge on any atom is 0.0215 e. The summed E-state index contributed by atoms with van der Waals surface area (Å²) in [7, 11) is 0. The first-order chi connectivity index (χ1) is 5.77. The standard InChI is InChI=1S/C10H17NS/c11-10(4-5-10)9(2-3-9)8-1-6-12-7-8/h8H,1-7,11H2. The van der Waals surface area contributed by atoms with Gasteiger partial charge in [0.15, 0.2) is 0 Å². The molecule has 2 heteroatoms. The molecule has 0 radical (unpaired) electrons. The Morgan fingerprint density at radius 2 is 1.92 bits per heavy atom. The van der Waals surface area contributed by atoms with Crippen LogP contribution in [0, 0.1) is 11.3 Å². The highest BCUT2D eigenvalue weighted by molar-refractivity contribution is 7.99. The lowest BCUT2D eigenvalue weighted by molar-refractivity contribution is 0.262. The minimum atomic E-state index is 0.308. The van der Waals surface area contributed by atoms with Crippen LogP contribution in [0.4, 0.5) is 0 Å². The maximum absolute atomic E-state index is 6.36. The Morgan fingerprint density at radius 1 is 1.17 bits per heavy atom. The zero-order valence-electron chi connectivity index (χ0n) is 7.51. The van der Waals surface area contributed by atoms with Crippen molar-refractivity contribution < 1.29 is 0 Å². The van der Waals surface area contributed by atoms with E-state index in [0.717, 1.165) is 5.92 Å². The average molecular weight is 183 g/mol. The van der Waals surface area contributed by atoms with Crippen LogP contribution in [0.25, 0.3) is 0 Å². The van der Waals surface area contributed by atoms with Crippen molar-refractivity contribution in [3.63, 3.8) is 0 Å². The van der Waals surface area contributed by atoms with E-state index < -0.39 is 0 Å². The summed E-state index contributed by atoms with van der Waals surface area (Å²) in [4.78, 5) is 0. The maximum atomic E-state index is 6.36. The van der Waals surface area contributed by atoms with E-state index in [-0.39, 0.29) is 0 Å². The molecule has 1 atom stereocenters. The summed E-state index contributed by atoms with van der Waals surface area (Å²) in [5.74, 6) is 3.77. The van der Waals surface area contributed by atoms with E-state index >= 15 is 0 Å². The third-order valence-electron chi connectivity index (χ3n) is 4.28. The molecule has 0 aromatic rings. The number of hydrogen-bond acceptors (Lipinski definition) is 2. The van der Waals surface area contributed by atoms with E-state index in [9.17, 15) is 0 Å². The molecule has 2 N–H and O–H groups in total. The fraction of sp³-hybridized carbons (Fsp3) is 1.00. The summed E-state index contributed by atoms with van der Waals surface area (Å²) in [6.45, 7) is 0. The number of thioether (sulfide) groups is 1. The Labute approximate surface area is 78.5 Å². The van der Waals surface area contributed by atoms with Gasteiger partial charge in [0.25, 0.3) is 0 Å². The van der Waals surface area contributed by atoms with Crippen LogP contribution in [0.5, 0.6) is 0 Å². The highest BCUT2D eigenvalue weighted by Crippen LogP contribution is 2.68. The molecule has 1 aliphatic heterocycles. The number of nitrogens with two attached hydrogens (primary N) is 1. The van der Waals surface area contributed by atoms with Crippen molar-refractivity contribution in [2.75, 3.05) is 11.5 Å². The normalized spacial score (nSPS) is 41.2. The van der Waals surface area contributed by atoms with E-state index in [1.807, 2.05) is 0 Å². The van der Waals surface area contributed by atoms with E-state index in [1.54, 1.807) is 0 Å². The van der Waals surface area contributed by atoms with Crippen molar-refractivity contribution in [1.29, 1.82) is 0 Å². The first-order valence-corrected chi connectivity index (χ1v) is 6.29. The topological polar surface area (TPSA) is 26.0 Å². The molecular formula is C10H17NS. The van der Waals surface area contributed by atoms with Crippen molar-refractivity contribution in [2.24, 2.45) is 17.1 Å². The Kier molecular flexibility index (Phi) is 1.42. The van der Waals surface area contributed by atoms with Gasteiger partial charge in [-0.1, -0.05) is 0 Å². The van der Waals surface area contributed by atoms with Gasteiger partial charge in [0, 0.05) is 5.54 Å². The molecule has 0 aromatic carbocycles. The van der Waals surface area contributed by atoms with Crippen LogP contribution in [0.3, 0.4) is 0 Å². The van der Waals surface area contributed by atoms with Crippen molar-refractivity contribution in [3.05, 3.63) is 0 Å². The summed E-state index contributed by atoms with van der Waals surface area (Å²) in [5.41, 5.74) is 7.30. The second-order valence-corrected chi connectivity index (χ2v) is 6.02. The second kappa shape index (κ2) is 2.21. The molecule has 2 aliphatic carbocycles. The van der Waals surface area contributed by atoms with Gasteiger partial charge < -0.3 is 5.73 Å². The third-order valence-corrected chi connectivity index (χ3v) is 5.44. The smallest absolute Gasteiger partial charge is 0.0215 e. The SMILES string of the molecule is NC1(C2(C3CCSC3)CC2)CC1. The van der Waals surface area contributed by atoms with Gasteiger partial charge in [-0.3, -0.25) is 0 Å². The fourth-order valence-electron chi connectivity index (χ4n) is 3.05. The molecule has 12 heavy (non-hydrogen) atoms. The van der Waals surface area contributed by atoms with E-state index in [2.05, 4.69) is 11.8 Å². The summed E-state index contributed by atoms with van der Waals surface area (Å²) in [6.07, 6.45) is 6.95. The van der Waals surface area contributed by atoms with E-state index in [1.165, 1.54) is 43.6 Å². The zero-order chi connectivity index (χ0) is 8.23. The molecule has 0 amide bonds. The molecule has 1 unspecified atom stereocenters. The predicted molar refractivity (Wildman–Crippen MR) is 53.3 cm³/mol. The Bertz CT molecular complexity index is 200. The largest absolute Gasteiger partial charge is 0.325 e. The molecule has 1 saturated heterocycles. The number of rotatable bonds is 2. The fourth-order valence-corrected chi connectivity index (χ4v) is 4.44. The van der Waals surface area contributed by atoms with Crippen LogP contribution < -0.4 is 5.73 Å². The van der Waals surface area contributed by atoms with Crippen molar-refractivity contribution >= 4 is 11.8 Å². The third kappa shape index (κ3) is 0.856. The van der Waals surface area contributed by atoms with Gasteiger partial charge in [0.05, 0.1) is 0 Å². The molecule has 3 fully saturated rings. The highest BCUT2D eigenvalue weighted by atomic mass is 32.2. The summed E-state index contributed by atoms with van der Waals surface area (Å²) < 4.78 is 0. The Balaban J connectivity index is 1.81. The summed E-state index contributed by atoms with van der Waals surface area (Å²) in [6, 6.07) is 0. The second-order valence-electron chi connectivity index (χ2n) is 4.87. The summed E-state index contributed by atoms with van der Waals surface area (Å²) in [5, 5.41) is 0. The Hall–Kier alpha value is 0.310. The van der Waals surface area contributed by atoms with E-state index in [0.29, 0.717) is 11.0 Å². The first kappa shape index (κ1) is 7.69. The van der Waals surface area contributed by atoms with Crippen LogP contribution in [-0.4, -0.2) is 17.0 Å². The van der Waals surface area contributed by atoms with Gasteiger partial charge in [-0.05, 0) is 54.9 Å². The van der Waals surface area contributed by atoms with Gasteiger partial charge in [0.1, 0.15) is 0 Å². The van der Waals surface area contributed by atoms with Crippen LogP contribution in [-0.2, 0) is 0 Å². The monoisotopic (exact) mass is 183 g/mol. The average Bonchev–Trinajstić information content (AvgIpc) is 2.96. The van der Waals surface area contributed by atoms with Crippen LogP contribution >= 0.6 is 11.8 Å². The first-order valence-electron chi connectivity index (χ1n) is 5.14. The summed E-state index contributed by atoms with van der Waals surface area (Å²) >= 11 is 2.14. The molecular weight excluding hydrogens is 166 g/mol. The molecule has 0 spiro atoms. The van der Waals surface area contributed by atoms with Gasteiger partial charge in [-0.2, -0.15) is 11.8 Å². The minimum Gasteiger partial charge on any atom is -0.325 e. The minimum absolute atomic E-state index is 0.308. The number of hydrogen-bond donors (Lipinski definition) is 1. The molecule has 3 aliphatic rings. The highest BCUT2D eigenvalue weighted by Gasteiger charge is 2.66. The molecule has 68 valence electrons. The van der Waals surface area contributed by atoms with Crippen LogP contribution in [0.1, 0.15) is 32.1 Å². The van der Waals surface area contributed by atoms with Crippen LogP contribution in [0.15, 0.2) is 0 Å². The predicted octanol–water partition coefficient (Wildman–Crippen LogP) is 2.01. The van der Waals surface area contributed by atoms with Gasteiger partial charge in [-0.15, -0.1) is 0 Å². The quantitative estimate of drug-likeness (QED) is 0.708. The van der Waals surface area contributed by atoms with Crippen LogP contribution in [0.2, 0.25) is 0 Å². The lowest BCUT2D eigenvalue weighted by Crippen LogP contribution is -2.39. The van der Waals surface area contributed by atoms with E-state index in [4.69, 9.17) is 5.73 Å². The molecule has 1 heterocycles. The molecule has 0 bridgehead atoms. The van der Waals surface area contributed by atoms with Gasteiger partial charge >= 0.3 is 0 Å².